The fourth-order valence-electron chi connectivity index (χ4n) is 4.17. The summed E-state index contributed by atoms with van der Waals surface area (Å²) in [7, 11) is -3.12. The summed E-state index contributed by atoms with van der Waals surface area (Å²) in [6.45, 7) is 2.81. The molecule has 6 nitrogen and oxygen atoms in total. The van der Waals surface area contributed by atoms with Crippen molar-refractivity contribution in [2.24, 2.45) is 5.41 Å². The summed E-state index contributed by atoms with van der Waals surface area (Å²) in [5.41, 5.74) is 0.477. The summed E-state index contributed by atoms with van der Waals surface area (Å²) in [4.78, 5) is 6.65. The van der Waals surface area contributed by atoms with Crippen molar-refractivity contribution in [3.63, 3.8) is 0 Å². The zero-order valence-corrected chi connectivity index (χ0v) is 14.8. The molecule has 0 unspecified atom stereocenters. The van der Waals surface area contributed by atoms with Gasteiger partial charge in [0.15, 0.2) is 15.7 Å². The predicted octanol–water partition coefficient (Wildman–Crippen LogP) is 2.55. The third-order valence-corrected chi connectivity index (χ3v) is 5.95. The number of aromatic nitrogens is 2. The molecule has 0 atom stereocenters. The van der Waals surface area contributed by atoms with Gasteiger partial charge in [-0.1, -0.05) is 30.8 Å². The maximum atomic E-state index is 11.3. The minimum Gasteiger partial charge on any atom is -0.338 e. The Morgan fingerprint density at radius 2 is 1.83 bits per heavy atom. The van der Waals surface area contributed by atoms with Crippen LogP contribution in [0.25, 0.3) is 0 Å². The van der Waals surface area contributed by atoms with E-state index in [9.17, 15) is 8.42 Å². The van der Waals surface area contributed by atoms with E-state index in [0.717, 1.165) is 13.1 Å². The van der Waals surface area contributed by atoms with Crippen LogP contribution in [0, 0.1) is 5.41 Å². The van der Waals surface area contributed by atoms with E-state index < -0.39 is 9.84 Å². The van der Waals surface area contributed by atoms with Crippen molar-refractivity contribution in [2.75, 3.05) is 19.3 Å². The summed E-state index contributed by atoms with van der Waals surface area (Å²) in [6.07, 6.45) is 11.9. The highest BCUT2D eigenvalue weighted by Gasteiger charge is 2.35. The lowest BCUT2D eigenvalue weighted by Gasteiger charge is -2.42. The third kappa shape index (κ3) is 4.76. The Kier molecular flexibility index (Phi) is 5.06. The van der Waals surface area contributed by atoms with E-state index >= 15 is 0 Å². The first-order chi connectivity index (χ1) is 10.9. The lowest BCUT2D eigenvalue weighted by Crippen LogP contribution is -2.42. The molecule has 0 N–H and O–H groups in total. The van der Waals surface area contributed by atoms with Crippen LogP contribution < -0.4 is 0 Å². The molecule has 1 aliphatic heterocycles. The zero-order chi connectivity index (χ0) is 16.3. The van der Waals surface area contributed by atoms with E-state index in [4.69, 9.17) is 4.52 Å². The molecule has 1 aromatic heterocycles. The van der Waals surface area contributed by atoms with Crippen molar-refractivity contribution in [2.45, 2.75) is 63.7 Å². The van der Waals surface area contributed by atoms with Gasteiger partial charge in [0.25, 0.3) is 0 Å². The molecule has 2 aliphatic rings. The topological polar surface area (TPSA) is 76.3 Å². The van der Waals surface area contributed by atoms with E-state index in [1.807, 2.05) is 0 Å². The second-order valence-corrected chi connectivity index (χ2v) is 9.54. The molecule has 130 valence electrons. The lowest BCUT2D eigenvalue weighted by molar-refractivity contribution is 0.0616. The molecule has 1 spiro atoms. The van der Waals surface area contributed by atoms with Crippen molar-refractivity contribution in [3.8, 4) is 0 Å². The largest absolute Gasteiger partial charge is 0.338 e. The fourth-order valence-corrected chi connectivity index (χ4v) is 4.76. The van der Waals surface area contributed by atoms with Crippen molar-refractivity contribution in [3.05, 3.63) is 11.7 Å². The third-order valence-electron chi connectivity index (χ3n) is 5.16. The van der Waals surface area contributed by atoms with Crippen LogP contribution in [0.3, 0.4) is 0 Å². The van der Waals surface area contributed by atoms with Crippen LogP contribution in [0.1, 0.15) is 63.1 Å². The van der Waals surface area contributed by atoms with Crippen molar-refractivity contribution >= 4 is 9.84 Å². The van der Waals surface area contributed by atoms with Gasteiger partial charge in [0.1, 0.15) is 5.75 Å². The Labute approximate surface area is 138 Å². The van der Waals surface area contributed by atoms with Gasteiger partial charge in [0.05, 0.1) is 6.54 Å². The number of piperidine rings is 1. The maximum Gasteiger partial charge on any atom is 0.240 e. The molecule has 1 saturated carbocycles. The first-order valence-electron chi connectivity index (χ1n) is 8.66. The quantitative estimate of drug-likeness (QED) is 0.838. The number of sulfone groups is 1. The van der Waals surface area contributed by atoms with Gasteiger partial charge in [0, 0.05) is 12.8 Å². The molecular formula is C16H27N3O3S. The molecule has 0 amide bonds. The van der Waals surface area contributed by atoms with E-state index in [1.54, 1.807) is 0 Å². The molecule has 1 aromatic rings. The smallest absolute Gasteiger partial charge is 0.240 e. The Hall–Kier alpha value is -0.950. The van der Waals surface area contributed by atoms with Crippen LogP contribution in [0.4, 0.5) is 0 Å². The molecule has 1 aliphatic carbocycles. The molecule has 2 heterocycles. The van der Waals surface area contributed by atoms with Crippen molar-refractivity contribution in [1.82, 2.24) is 15.0 Å². The van der Waals surface area contributed by atoms with Crippen LogP contribution in [0.5, 0.6) is 0 Å². The average Bonchev–Trinajstić information content (AvgIpc) is 2.76. The minimum absolute atomic E-state index is 0.152. The summed E-state index contributed by atoms with van der Waals surface area (Å²) < 4.78 is 27.9. The number of nitrogens with zero attached hydrogens (tertiary/aromatic N) is 3. The second kappa shape index (κ2) is 6.89. The predicted molar refractivity (Wildman–Crippen MR) is 87.5 cm³/mol. The summed E-state index contributed by atoms with van der Waals surface area (Å²) >= 11 is 0. The fraction of sp³-hybridized carbons (Fsp3) is 0.875. The van der Waals surface area contributed by atoms with Gasteiger partial charge in [-0.25, -0.2) is 8.42 Å². The molecule has 1 saturated heterocycles. The molecule has 2 fully saturated rings. The maximum absolute atomic E-state index is 11.3. The Bertz CT molecular complexity index is 618. The molecule has 0 bridgehead atoms. The number of hydrogen-bond acceptors (Lipinski definition) is 6. The molecule has 7 heteroatoms. The standard InChI is InChI=1S/C16H27N3O3S/c1-23(20,21)12-14-17-15(22-18-14)11-19-10-6-9-16(13-19)7-4-2-3-5-8-16/h2-13H2,1H3. The van der Waals surface area contributed by atoms with Gasteiger partial charge in [-0.15, -0.1) is 0 Å². The number of rotatable bonds is 4. The SMILES string of the molecule is CS(=O)(=O)Cc1noc(CN2CCCC3(CCCCCC3)C2)n1. The molecule has 0 radical (unpaired) electrons. The normalized spacial score (nSPS) is 23.0. The lowest BCUT2D eigenvalue weighted by atomic mass is 9.74. The van der Waals surface area contributed by atoms with E-state index in [0.29, 0.717) is 17.9 Å². The average molecular weight is 341 g/mol. The van der Waals surface area contributed by atoms with E-state index in [1.165, 1.54) is 57.6 Å². The Morgan fingerprint density at radius 3 is 2.52 bits per heavy atom. The van der Waals surface area contributed by atoms with Gasteiger partial charge in [-0.3, -0.25) is 4.90 Å². The second-order valence-electron chi connectivity index (χ2n) is 7.40. The van der Waals surface area contributed by atoms with Gasteiger partial charge in [-0.2, -0.15) is 4.98 Å². The van der Waals surface area contributed by atoms with Crippen molar-refractivity contribution in [1.29, 1.82) is 0 Å². The van der Waals surface area contributed by atoms with Crippen LogP contribution >= 0.6 is 0 Å². The highest BCUT2D eigenvalue weighted by molar-refractivity contribution is 7.89. The highest BCUT2D eigenvalue weighted by atomic mass is 32.2. The van der Waals surface area contributed by atoms with Crippen LogP contribution in [0.15, 0.2) is 4.52 Å². The number of likely N-dealkylation sites (tertiary alicyclic amines) is 1. The van der Waals surface area contributed by atoms with E-state index in [-0.39, 0.29) is 11.6 Å². The monoisotopic (exact) mass is 341 g/mol. The van der Waals surface area contributed by atoms with E-state index in [2.05, 4.69) is 15.0 Å². The van der Waals surface area contributed by atoms with Gasteiger partial charge < -0.3 is 4.52 Å². The summed E-state index contributed by atoms with van der Waals surface area (Å²) in [5.74, 6) is 0.651. The van der Waals surface area contributed by atoms with Gasteiger partial charge >= 0.3 is 0 Å². The van der Waals surface area contributed by atoms with Crippen LogP contribution in [-0.2, 0) is 22.1 Å². The Morgan fingerprint density at radius 1 is 1.13 bits per heavy atom. The first kappa shape index (κ1) is 16.9. The first-order valence-corrected chi connectivity index (χ1v) is 10.7. The minimum atomic E-state index is -3.12. The zero-order valence-electron chi connectivity index (χ0n) is 14.0. The van der Waals surface area contributed by atoms with Gasteiger partial charge in [-0.05, 0) is 37.6 Å². The van der Waals surface area contributed by atoms with Crippen molar-refractivity contribution < 1.29 is 12.9 Å². The van der Waals surface area contributed by atoms with Crippen LogP contribution in [0.2, 0.25) is 0 Å². The molecule has 3 rings (SSSR count). The van der Waals surface area contributed by atoms with Crippen LogP contribution in [-0.4, -0.2) is 42.8 Å². The number of hydrogen-bond donors (Lipinski definition) is 0. The Balaban J connectivity index is 1.61. The van der Waals surface area contributed by atoms with Gasteiger partial charge in [0.2, 0.25) is 5.89 Å². The molecule has 0 aromatic carbocycles. The highest BCUT2D eigenvalue weighted by Crippen LogP contribution is 2.42. The molecular weight excluding hydrogens is 314 g/mol. The molecule has 23 heavy (non-hydrogen) atoms. The summed E-state index contributed by atoms with van der Waals surface area (Å²) in [6, 6.07) is 0. The summed E-state index contributed by atoms with van der Waals surface area (Å²) in [5, 5.41) is 3.79.